The van der Waals surface area contributed by atoms with Crippen LogP contribution in [0.25, 0.3) is 10.1 Å². The fourth-order valence-electron chi connectivity index (χ4n) is 2.40. The number of unbranched alkanes of at least 4 members (excludes halogenated alkanes) is 1. The first-order valence-electron chi connectivity index (χ1n) is 7.89. The van der Waals surface area contributed by atoms with Crippen molar-refractivity contribution in [2.75, 3.05) is 0 Å². The highest BCUT2D eigenvalue weighted by molar-refractivity contribution is 7.86. The Balaban J connectivity index is 0.000000387. The molecule has 1 aromatic heterocycles. The number of halogens is 6. The number of hydrogen-bond acceptors (Lipinski definition) is 3. The summed E-state index contributed by atoms with van der Waals surface area (Å²) < 4.78 is 99.3. The van der Waals surface area contributed by atoms with Gasteiger partial charge in [0.1, 0.15) is 0 Å². The average Bonchev–Trinajstić information content (AvgIpc) is 2.89. The van der Waals surface area contributed by atoms with Crippen molar-refractivity contribution in [3.8, 4) is 0 Å². The van der Waals surface area contributed by atoms with Crippen molar-refractivity contribution in [3.63, 3.8) is 0 Å². The van der Waals surface area contributed by atoms with Gasteiger partial charge in [-0.05, 0) is 24.5 Å². The Bertz CT molecular complexity index is 867. The number of alkyl halides is 6. The quantitative estimate of drug-likeness (QED) is 0.255. The molecule has 0 fully saturated rings. The average molecular weight is 436 g/mol. The molecule has 0 N–H and O–H groups in total. The van der Waals surface area contributed by atoms with Gasteiger partial charge in [0.2, 0.25) is 0 Å². The first kappa shape index (κ1) is 23.7. The summed E-state index contributed by atoms with van der Waals surface area (Å²) in [6, 6.07) is 7.11. The Morgan fingerprint density at radius 1 is 1.07 bits per heavy atom. The predicted molar refractivity (Wildman–Crippen MR) is 91.5 cm³/mol. The lowest BCUT2D eigenvalue weighted by molar-refractivity contribution is -0.0867. The van der Waals surface area contributed by atoms with Crippen LogP contribution >= 0.6 is 10.5 Å². The molecule has 0 spiro atoms. The van der Waals surface area contributed by atoms with Gasteiger partial charge < -0.3 is 4.55 Å². The Kier molecular flexibility index (Phi) is 7.71. The second-order valence-electron chi connectivity index (χ2n) is 5.55. The molecule has 0 amide bonds. The number of thiophene rings is 1. The molecule has 0 aliphatic heterocycles. The molecule has 27 heavy (non-hydrogen) atoms. The molecule has 2 aromatic rings. The summed E-state index contributed by atoms with van der Waals surface area (Å²) in [6.07, 6.45) is 3.07. The minimum absolute atomic E-state index is 0.470. The number of benzene rings is 1. The van der Waals surface area contributed by atoms with E-state index in [1.54, 1.807) is 18.2 Å². The van der Waals surface area contributed by atoms with E-state index >= 15 is 0 Å². The maximum absolute atomic E-state index is 13.3. The zero-order valence-electron chi connectivity index (χ0n) is 14.4. The fraction of sp³-hybridized carbons (Fsp3) is 0.500. The smallest absolute Gasteiger partial charge is 0.600 e. The third kappa shape index (κ3) is 6.08. The molecule has 0 saturated carbocycles. The van der Waals surface area contributed by atoms with Crippen LogP contribution in [0.2, 0.25) is 0 Å². The van der Waals surface area contributed by atoms with Crippen LogP contribution in [0, 0.1) is 0 Å². The predicted octanol–water partition coefficient (Wildman–Crippen LogP) is 6.02. The Morgan fingerprint density at radius 2 is 1.63 bits per heavy atom. The molecule has 1 atom stereocenters. The lowest BCUT2D eigenvalue weighted by atomic mass is 10.1. The molecule has 1 heterocycles. The molecular formula is C16H18F6O3S2. The normalized spacial score (nSPS) is 13.4. The fourth-order valence-corrected chi connectivity index (χ4v) is 4.44. The Hall–Kier alpha value is -1.33. The van der Waals surface area contributed by atoms with E-state index in [0.29, 0.717) is 16.0 Å². The number of hydrogen-bond donors (Lipinski definition) is 0. The minimum Gasteiger partial charge on any atom is -0.741 e. The summed E-state index contributed by atoms with van der Waals surface area (Å²) in [6.45, 7) is 3.99. The van der Waals surface area contributed by atoms with Crippen LogP contribution in [0.5, 0.6) is 0 Å². The van der Waals surface area contributed by atoms with Crippen LogP contribution in [-0.4, -0.2) is 18.5 Å². The van der Waals surface area contributed by atoms with Crippen LogP contribution < -0.4 is 0 Å². The highest BCUT2D eigenvalue weighted by atomic mass is 32.2. The summed E-state index contributed by atoms with van der Waals surface area (Å²) in [5.74, 6) is 0. The summed E-state index contributed by atoms with van der Waals surface area (Å²) >= 11 is 0. The minimum atomic E-state index is -6.09. The van der Waals surface area contributed by atoms with Crippen LogP contribution in [-0.2, 0) is 28.5 Å². The van der Waals surface area contributed by atoms with Gasteiger partial charge in [-0.1, -0.05) is 32.4 Å². The van der Waals surface area contributed by atoms with E-state index in [0.717, 1.165) is 30.2 Å². The molecule has 0 radical (unpaired) electrons. The second kappa shape index (κ2) is 8.78. The molecule has 0 aliphatic rings. The molecule has 1 aromatic carbocycles. The van der Waals surface area contributed by atoms with Gasteiger partial charge >= 0.3 is 11.0 Å². The van der Waals surface area contributed by atoms with Gasteiger partial charge in [-0.2, -0.15) is 13.2 Å². The van der Waals surface area contributed by atoms with Crippen molar-refractivity contribution in [1.29, 1.82) is 0 Å². The van der Waals surface area contributed by atoms with Crippen molar-refractivity contribution < 1.29 is 39.3 Å². The Morgan fingerprint density at radius 3 is 2.04 bits per heavy atom. The maximum atomic E-state index is 13.3. The van der Waals surface area contributed by atoms with Crippen molar-refractivity contribution in [1.82, 2.24) is 0 Å². The summed E-state index contributed by atoms with van der Waals surface area (Å²) in [5.41, 5.74) is -8.78. The standard InChI is InChI=1S/C15H18F3S.CHF3O3S/c1-3-5-8-12-10-13-11(4-2)7-6-9-14(13)19(12)15(16,17)18;2-1(3,4)8(5,6)7/h6-7,9-10H,3-5,8H2,1-2H3;(H,5,6,7)/q+1;/p-1. The molecule has 11 heteroatoms. The van der Waals surface area contributed by atoms with E-state index in [4.69, 9.17) is 13.0 Å². The number of rotatable bonds is 4. The largest absolute Gasteiger partial charge is 0.741 e. The van der Waals surface area contributed by atoms with Gasteiger partial charge in [0.25, 0.3) is 0 Å². The van der Waals surface area contributed by atoms with Gasteiger partial charge in [0.15, 0.2) is 19.7 Å². The van der Waals surface area contributed by atoms with E-state index in [2.05, 4.69) is 0 Å². The van der Waals surface area contributed by atoms with Crippen LogP contribution in [0.15, 0.2) is 24.3 Å². The summed E-state index contributed by atoms with van der Waals surface area (Å²) in [4.78, 5) is 0.560. The van der Waals surface area contributed by atoms with Gasteiger partial charge in [0, 0.05) is 17.9 Å². The van der Waals surface area contributed by atoms with Crippen LogP contribution in [0.4, 0.5) is 26.3 Å². The molecule has 0 saturated heterocycles. The SMILES string of the molecule is CCCCc1cc2c(CC)cccc2[s+]1C(F)(F)F.O=S(=O)([O-])C(F)(F)F. The third-order valence-electron chi connectivity index (χ3n) is 3.62. The van der Waals surface area contributed by atoms with Crippen molar-refractivity contribution in [3.05, 3.63) is 34.7 Å². The number of aryl methyl sites for hydroxylation is 2. The van der Waals surface area contributed by atoms with Gasteiger partial charge in [0.05, 0.1) is 10.5 Å². The maximum Gasteiger partial charge on any atom is 0.600 e. The molecule has 0 aliphatic carbocycles. The zero-order valence-corrected chi connectivity index (χ0v) is 16.1. The van der Waals surface area contributed by atoms with Crippen molar-refractivity contribution in [2.24, 2.45) is 0 Å². The van der Waals surface area contributed by atoms with Crippen molar-refractivity contribution >= 4 is 30.7 Å². The molecule has 3 nitrogen and oxygen atoms in total. The molecule has 1 unspecified atom stereocenters. The van der Waals surface area contributed by atoms with Gasteiger partial charge in [-0.15, -0.1) is 13.2 Å². The van der Waals surface area contributed by atoms with Crippen LogP contribution in [0.1, 0.15) is 37.1 Å². The van der Waals surface area contributed by atoms with E-state index in [9.17, 15) is 26.3 Å². The molecule has 0 bridgehead atoms. The highest BCUT2D eigenvalue weighted by Crippen LogP contribution is 2.51. The van der Waals surface area contributed by atoms with Crippen LogP contribution in [0.3, 0.4) is 0 Å². The molecular weight excluding hydrogens is 418 g/mol. The Labute approximate surface area is 155 Å². The van der Waals surface area contributed by atoms with E-state index in [-0.39, 0.29) is 0 Å². The van der Waals surface area contributed by atoms with Gasteiger partial charge in [-0.3, -0.25) is 0 Å². The van der Waals surface area contributed by atoms with E-state index < -0.39 is 31.6 Å². The summed E-state index contributed by atoms with van der Waals surface area (Å²) in [5, 5.41) is 0.816. The zero-order chi connectivity index (χ0) is 21.0. The lowest BCUT2D eigenvalue weighted by Crippen LogP contribution is -2.21. The lowest BCUT2D eigenvalue weighted by Gasteiger charge is -2.08. The van der Waals surface area contributed by atoms with E-state index in [1.165, 1.54) is 0 Å². The molecule has 2 rings (SSSR count). The molecule has 154 valence electrons. The first-order chi connectivity index (χ1) is 12.2. The topological polar surface area (TPSA) is 57.2 Å². The monoisotopic (exact) mass is 436 g/mol. The number of fused-ring (bicyclic) bond motifs is 1. The summed E-state index contributed by atoms with van der Waals surface area (Å²) in [7, 11) is -7.80. The second-order valence-corrected chi connectivity index (χ2v) is 8.96. The van der Waals surface area contributed by atoms with Gasteiger partial charge in [-0.25, -0.2) is 8.42 Å². The first-order valence-corrected chi connectivity index (χ1v) is 10.5. The highest BCUT2D eigenvalue weighted by Gasteiger charge is 2.47. The third-order valence-corrected chi connectivity index (χ3v) is 6.29. The van der Waals surface area contributed by atoms with E-state index in [1.807, 2.05) is 19.9 Å². The van der Waals surface area contributed by atoms with Crippen molar-refractivity contribution in [2.45, 2.75) is 50.5 Å².